The van der Waals surface area contributed by atoms with E-state index in [0.717, 1.165) is 11.3 Å². The minimum Gasteiger partial charge on any atom is -0.494 e. The van der Waals surface area contributed by atoms with Gasteiger partial charge in [-0.05, 0) is 51.8 Å². The Balaban J connectivity index is 1.78. The number of benzene rings is 1. The van der Waals surface area contributed by atoms with Crippen LogP contribution >= 0.6 is 11.8 Å². The van der Waals surface area contributed by atoms with Crippen molar-refractivity contribution >= 4 is 23.6 Å². The molecule has 0 aliphatic carbocycles. The smallest absolute Gasteiger partial charge is 0.244 e. The SMILES string of the molecule is Cc1cccc(OCCCC(=O)N2CSCC2C(=O)NC(C)(C)C)c1. The molecule has 6 heteroatoms. The fourth-order valence-corrected chi connectivity index (χ4v) is 3.80. The summed E-state index contributed by atoms with van der Waals surface area (Å²) in [6.45, 7) is 8.35. The van der Waals surface area contributed by atoms with Gasteiger partial charge in [-0.1, -0.05) is 12.1 Å². The molecule has 0 spiro atoms. The Morgan fingerprint density at radius 2 is 2.12 bits per heavy atom. The Kier molecular flexibility index (Phi) is 6.76. The summed E-state index contributed by atoms with van der Waals surface area (Å²) in [6.07, 6.45) is 1.03. The van der Waals surface area contributed by atoms with Gasteiger partial charge in [0, 0.05) is 17.7 Å². The molecule has 2 rings (SSSR count). The number of ether oxygens (including phenoxy) is 1. The highest BCUT2D eigenvalue weighted by Crippen LogP contribution is 2.23. The number of nitrogens with zero attached hydrogens (tertiary/aromatic N) is 1. The third kappa shape index (κ3) is 6.27. The summed E-state index contributed by atoms with van der Waals surface area (Å²) in [4.78, 5) is 26.5. The van der Waals surface area contributed by atoms with Gasteiger partial charge < -0.3 is 15.0 Å². The predicted octanol–water partition coefficient (Wildman–Crippen LogP) is 2.97. The molecule has 0 bridgehead atoms. The van der Waals surface area contributed by atoms with Gasteiger partial charge in [0.15, 0.2) is 0 Å². The fourth-order valence-electron chi connectivity index (χ4n) is 2.62. The van der Waals surface area contributed by atoms with Gasteiger partial charge in [-0.25, -0.2) is 0 Å². The van der Waals surface area contributed by atoms with Crippen molar-refractivity contribution < 1.29 is 14.3 Å². The van der Waals surface area contributed by atoms with Crippen LogP contribution in [0.4, 0.5) is 0 Å². The fraction of sp³-hybridized carbons (Fsp3) is 0.579. The number of hydrogen-bond acceptors (Lipinski definition) is 4. The summed E-state index contributed by atoms with van der Waals surface area (Å²) in [6, 6.07) is 7.50. The van der Waals surface area contributed by atoms with Gasteiger partial charge in [-0.3, -0.25) is 9.59 Å². The molecule has 1 saturated heterocycles. The average Bonchev–Trinajstić information content (AvgIpc) is 2.99. The van der Waals surface area contributed by atoms with Crippen molar-refractivity contribution in [2.75, 3.05) is 18.2 Å². The molecule has 1 aromatic carbocycles. The highest BCUT2D eigenvalue weighted by atomic mass is 32.2. The standard InChI is InChI=1S/C19H28N2O3S/c1-14-7-5-8-15(11-14)24-10-6-9-17(22)21-13-25-12-16(21)18(23)20-19(2,3)4/h5,7-8,11,16H,6,9-10,12-13H2,1-4H3,(H,20,23). The maximum Gasteiger partial charge on any atom is 0.244 e. The summed E-state index contributed by atoms with van der Waals surface area (Å²) in [5.74, 6) is 2.02. The molecular formula is C19H28N2O3S. The van der Waals surface area contributed by atoms with Crippen molar-refractivity contribution in [3.05, 3.63) is 29.8 Å². The van der Waals surface area contributed by atoms with Gasteiger partial charge in [0.05, 0.1) is 12.5 Å². The zero-order valence-corrected chi connectivity index (χ0v) is 16.3. The number of rotatable bonds is 6. The predicted molar refractivity (Wildman–Crippen MR) is 102 cm³/mol. The number of carbonyl (C=O) groups is 2. The first kappa shape index (κ1) is 19.6. The number of hydrogen-bond donors (Lipinski definition) is 1. The minimum atomic E-state index is -0.366. The van der Waals surface area contributed by atoms with E-state index in [1.807, 2.05) is 52.0 Å². The summed E-state index contributed by atoms with van der Waals surface area (Å²) >= 11 is 1.62. The van der Waals surface area contributed by atoms with Crippen LogP contribution in [0.15, 0.2) is 24.3 Å². The van der Waals surface area contributed by atoms with Crippen molar-refractivity contribution in [3.8, 4) is 5.75 Å². The zero-order chi connectivity index (χ0) is 18.4. The molecule has 2 amide bonds. The van der Waals surface area contributed by atoms with Gasteiger partial charge in [0.25, 0.3) is 0 Å². The largest absolute Gasteiger partial charge is 0.494 e. The van der Waals surface area contributed by atoms with Crippen LogP contribution in [-0.4, -0.2) is 46.5 Å². The molecule has 25 heavy (non-hydrogen) atoms. The van der Waals surface area contributed by atoms with Gasteiger partial charge >= 0.3 is 0 Å². The van der Waals surface area contributed by atoms with E-state index < -0.39 is 0 Å². The lowest BCUT2D eigenvalue weighted by molar-refractivity contribution is -0.138. The Morgan fingerprint density at radius 3 is 2.80 bits per heavy atom. The lowest BCUT2D eigenvalue weighted by Crippen LogP contribution is -2.52. The van der Waals surface area contributed by atoms with E-state index in [-0.39, 0.29) is 23.4 Å². The van der Waals surface area contributed by atoms with Crippen molar-refractivity contribution in [1.82, 2.24) is 10.2 Å². The first-order chi connectivity index (χ1) is 11.8. The van der Waals surface area contributed by atoms with Crippen LogP contribution in [0.25, 0.3) is 0 Å². The number of aryl methyl sites for hydroxylation is 1. The molecule has 0 aromatic heterocycles. The number of amides is 2. The Bertz CT molecular complexity index is 613. The topological polar surface area (TPSA) is 58.6 Å². The highest BCUT2D eigenvalue weighted by molar-refractivity contribution is 7.99. The second-order valence-electron chi connectivity index (χ2n) is 7.39. The molecule has 1 atom stereocenters. The molecule has 1 aliphatic heterocycles. The maximum atomic E-state index is 12.5. The van der Waals surface area contributed by atoms with E-state index in [2.05, 4.69) is 5.32 Å². The number of carbonyl (C=O) groups excluding carboxylic acids is 2. The number of thioether (sulfide) groups is 1. The molecule has 5 nitrogen and oxygen atoms in total. The van der Waals surface area contributed by atoms with Crippen LogP contribution in [0.1, 0.15) is 39.2 Å². The Hall–Kier alpha value is -1.69. The van der Waals surface area contributed by atoms with Crippen molar-refractivity contribution in [3.63, 3.8) is 0 Å². The Labute approximate surface area is 154 Å². The monoisotopic (exact) mass is 364 g/mol. The third-order valence-electron chi connectivity index (χ3n) is 3.80. The highest BCUT2D eigenvalue weighted by Gasteiger charge is 2.35. The van der Waals surface area contributed by atoms with Gasteiger partial charge in [0.2, 0.25) is 11.8 Å². The first-order valence-electron chi connectivity index (χ1n) is 8.65. The van der Waals surface area contributed by atoms with E-state index in [1.54, 1.807) is 16.7 Å². The van der Waals surface area contributed by atoms with Gasteiger partial charge in [0.1, 0.15) is 11.8 Å². The van der Waals surface area contributed by atoms with Crippen molar-refractivity contribution in [2.45, 2.75) is 52.1 Å². The van der Waals surface area contributed by atoms with Crippen molar-refractivity contribution in [2.24, 2.45) is 0 Å². The first-order valence-corrected chi connectivity index (χ1v) is 9.80. The lowest BCUT2D eigenvalue weighted by atomic mass is 10.1. The third-order valence-corrected chi connectivity index (χ3v) is 4.81. The quantitative estimate of drug-likeness (QED) is 0.789. The van der Waals surface area contributed by atoms with Crippen LogP contribution in [0, 0.1) is 6.92 Å². The van der Waals surface area contributed by atoms with Gasteiger partial charge in [-0.2, -0.15) is 0 Å². The molecule has 1 unspecified atom stereocenters. The summed E-state index contributed by atoms with van der Waals surface area (Å²) in [7, 11) is 0. The summed E-state index contributed by atoms with van der Waals surface area (Å²) in [5.41, 5.74) is 0.858. The molecule has 138 valence electrons. The van der Waals surface area contributed by atoms with Crippen molar-refractivity contribution in [1.29, 1.82) is 0 Å². The van der Waals surface area contributed by atoms with Gasteiger partial charge in [-0.15, -0.1) is 11.8 Å². The zero-order valence-electron chi connectivity index (χ0n) is 15.5. The minimum absolute atomic E-state index is 0.0203. The second kappa shape index (κ2) is 8.61. The van der Waals surface area contributed by atoms with Crippen LogP contribution < -0.4 is 10.1 Å². The molecule has 0 radical (unpaired) electrons. The lowest BCUT2D eigenvalue weighted by Gasteiger charge is -2.27. The molecule has 1 aromatic rings. The molecule has 1 N–H and O–H groups in total. The molecular weight excluding hydrogens is 336 g/mol. The maximum absolute atomic E-state index is 12.5. The summed E-state index contributed by atoms with van der Waals surface area (Å²) < 4.78 is 5.68. The van der Waals surface area contributed by atoms with Crippen LogP contribution in [0.2, 0.25) is 0 Å². The normalized spacial score (nSPS) is 17.4. The molecule has 1 aliphatic rings. The van der Waals surface area contributed by atoms with Crippen LogP contribution in [0.3, 0.4) is 0 Å². The molecule has 1 fully saturated rings. The van der Waals surface area contributed by atoms with Crippen LogP contribution in [0.5, 0.6) is 5.75 Å². The summed E-state index contributed by atoms with van der Waals surface area (Å²) in [5, 5.41) is 2.97. The number of nitrogens with one attached hydrogen (secondary N) is 1. The van der Waals surface area contributed by atoms with E-state index in [4.69, 9.17) is 4.74 Å². The van der Waals surface area contributed by atoms with Crippen LogP contribution in [-0.2, 0) is 9.59 Å². The van der Waals surface area contributed by atoms with E-state index in [9.17, 15) is 9.59 Å². The molecule has 1 heterocycles. The van der Waals surface area contributed by atoms with E-state index >= 15 is 0 Å². The Morgan fingerprint density at radius 1 is 1.36 bits per heavy atom. The molecule has 0 saturated carbocycles. The van der Waals surface area contributed by atoms with E-state index in [0.29, 0.717) is 31.1 Å². The van der Waals surface area contributed by atoms with E-state index in [1.165, 1.54) is 0 Å². The second-order valence-corrected chi connectivity index (χ2v) is 8.39. The average molecular weight is 365 g/mol.